The number of carbonyl (C=O) groups is 2. The van der Waals surface area contributed by atoms with Gasteiger partial charge in [-0.1, -0.05) is 17.3 Å². The van der Waals surface area contributed by atoms with Crippen LogP contribution in [0.1, 0.15) is 22.6 Å². The van der Waals surface area contributed by atoms with Crippen LogP contribution >= 0.6 is 11.7 Å². The van der Waals surface area contributed by atoms with Gasteiger partial charge in [-0.25, -0.2) is 4.79 Å². The summed E-state index contributed by atoms with van der Waals surface area (Å²) in [7, 11) is 1.53. The Labute approximate surface area is 204 Å². The summed E-state index contributed by atoms with van der Waals surface area (Å²) in [5, 5.41) is 6.59. The molecule has 2 aromatic carbocycles. The highest BCUT2D eigenvalue weighted by Gasteiger charge is 2.13. The van der Waals surface area contributed by atoms with Crippen LogP contribution < -0.4 is 14.8 Å². The number of carbonyl (C=O) groups excluding carboxylic acids is 2. The molecule has 2 aromatic heterocycles. The zero-order valence-corrected chi connectivity index (χ0v) is 20.0. The van der Waals surface area contributed by atoms with Crippen molar-refractivity contribution in [2.45, 2.75) is 20.5 Å². The maximum atomic E-state index is 12.2. The Bertz CT molecular complexity index is 1370. The summed E-state index contributed by atoms with van der Waals surface area (Å²) in [6, 6.07) is 10.5. The molecule has 0 bridgehead atoms. The molecule has 0 aliphatic carbocycles. The predicted octanol–water partition coefficient (Wildman–Crippen LogP) is 4.08. The van der Waals surface area contributed by atoms with Gasteiger partial charge in [-0.15, -0.1) is 0 Å². The van der Waals surface area contributed by atoms with Gasteiger partial charge in [0, 0.05) is 6.08 Å². The van der Waals surface area contributed by atoms with Crippen molar-refractivity contribution in [1.82, 2.24) is 13.9 Å². The second kappa shape index (κ2) is 10.8. The molecular formula is C24H22N4O6S. The highest BCUT2D eigenvalue weighted by atomic mass is 32.1. The second-order valence-corrected chi connectivity index (χ2v) is 7.96. The lowest BCUT2D eigenvalue weighted by atomic mass is 10.2. The SMILES string of the molecule is COc1cc(C=CC(=O)OCC(=O)Nc2cccc3nsnc23)ccc1OCc1c(C)noc1C. The third-order valence-corrected chi connectivity index (χ3v) is 5.60. The van der Waals surface area contributed by atoms with E-state index >= 15 is 0 Å². The number of fused-ring (bicyclic) bond motifs is 1. The van der Waals surface area contributed by atoms with Crippen LogP contribution in [0.25, 0.3) is 17.1 Å². The highest BCUT2D eigenvalue weighted by molar-refractivity contribution is 7.00. The van der Waals surface area contributed by atoms with Gasteiger partial charge in [0.1, 0.15) is 23.4 Å². The lowest BCUT2D eigenvalue weighted by molar-refractivity contribution is -0.142. The Morgan fingerprint density at radius 1 is 1.14 bits per heavy atom. The Kier molecular flexibility index (Phi) is 7.36. The molecule has 0 radical (unpaired) electrons. The number of nitrogens with one attached hydrogen (secondary N) is 1. The van der Waals surface area contributed by atoms with Crippen molar-refractivity contribution in [2.24, 2.45) is 0 Å². The van der Waals surface area contributed by atoms with Crippen molar-refractivity contribution >= 4 is 46.4 Å². The molecule has 4 aromatic rings. The van der Waals surface area contributed by atoms with Crippen molar-refractivity contribution in [3.63, 3.8) is 0 Å². The second-order valence-electron chi connectivity index (χ2n) is 7.43. The molecule has 0 saturated carbocycles. The van der Waals surface area contributed by atoms with Crippen molar-refractivity contribution in [2.75, 3.05) is 19.0 Å². The third-order valence-electron chi connectivity index (χ3n) is 5.06. The number of nitrogens with zero attached hydrogens (tertiary/aromatic N) is 3. The fourth-order valence-electron chi connectivity index (χ4n) is 3.21. The van der Waals surface area contributed by atoms with Gasteiger partial charge in [0.25, 0.3) is 5.91 Å². The molecule has 10 nitrogen and oxygen atoms in total. The smallest absolute Gasteiger partial charge is 0.331 e. The van der Waals surface area contributed by atoms with Crippen LogP contribution in [-0.4, -0.2) is 39.5 Å². The molecule has 4 rings (SSSR count). The first-order chi connectivity index (χ1) is 16.9. The van der Waals surface area contributed by atoms with E-state index in [-0.39, 0.29) is 6.61 Å². The van der Waals surface area contributed by atoms with Gasteiger partial charge in [0.15, 0.2) is 18.1 Å². The first-order valence-electron chi connectivity index (χ1n) is 10.5. The molecular weight excluding hydrogens is 472 g/mol. The quantitative estimate of drug-likeness (QED) is 0.270. The molecule has 0 unspecified atom stereocenters. The van der Waals surface area contributed by atoms with Crippen LogP contribution in [0.2, 0.25) is 0 Å². The molecule has 0 aliphatic rings. The normalized spacial score (nSPS) is 11.1. The average molecular weight is 495 g/mol. The fourth-order valence-corrected chi connectivity index (χ4v) is 3.76. The van der Waals surface area contributed by atoms with Crippen molar-refractivity contribution in [3.05, 3.63) is 65.1 Å². The number of hydrogen-bond acceptors (Lipinski definition) is 10. The fraction of sp³-hybridized carbons (Fsp3) is 0.208. The van der Waals surface area contributed by atoms with Gasteiger partial charge >= 0.3 is 5.97 Å². The van der Waals surface area contributed by atoms with Gasteiger partial charge < -0.3 is 24.1 Å². The van der Waals surface area contributed by atoms with Crippen LogP contribution in [0, 0.1) is 13.8 Å². The molecule has 35 heavy (non-hydrogen) atoms. The van der Waals surface area contributed by atoms with Crippen LogP contribution in [0.3, 0.4) is 0 Å². The molecule has 2 heterocycles. The largest absolute Gasteiger partial charge is 0.493 e. The molecule has 0 fully saturated rings. The number of aromatic nitrogens is 3. The van der Waals surface area contributed by atoms with E-state index < -0.39 is 18.5 Å². The first kappa shape index (κ1) is 23.9. The molecule has 0 saturated heterocycles. The zero-order chi connectivity index (χ0) is 24.8. The first-order valence-corrected chi connectivity index (χ1v) is 11.3. The van der Waals surface area contributed by atoms with Gasteiger partial charge in [0.05, 0.1) is 35.8 Å². The van der Waals surface area contributed by atoms with E-state index in [1.54, 1.807) is 42.5 Å². The van der Waals surface area contributed by atoms with E-state index in [1.165, 1.54) is 13.2 Å². The number of hydrogen-bond donors (Lipinski definition) is 1. The number of rotatable bonds is 9. The van der Waals surface area contributed by atoms with Crippen LogP contribution in [0.5, 0.6) is 11.5 Å². The maximum Gasteiger partial charge on any atom is 0.331 e. The van der Waals surface area contributed by atoms with E-state index in [1.807, 2.05) is 13.8 Å². The Hall–Kier alpha value is -4.25. The summed E-state index contributed by atoms with van der Waals surface area (Å²) in [6.07, 6.45) is 2.79. The summed E-state index contributed by atoms with van der Waals surface area (Å²) in [6.45, 7) is 3.52. The molecule has 11 heteroatoms. The summed E-state index contributed by atoms with van der Waals surface area (Å²) < 4.78 is 29.7. The highest BCUT2D eigenvalue weighted by Crippen LogP contribution is 2.30. The Morgan fingerprint density at radius 3 is 2.77 bits per heavy atom. The van der Waals surface area contributed by atoms with Crippen LogP contribution in [0.15, 0.2) is 47.0 Å². The number of anilines is 1. The lowest BCUT2D eigenvalue weighted by Gasteiger charge is -2.11. The topological polar surface area (TPSA) is 126 Å². The average Bonchev–Trinajstić information content (AvgIpc) is 3.47. The lowest BCUT2D eigenvalue weighted by Crippen LogP contribution is -2.20. The molecule has 1 N–H and O–H groups in total. The molecule has 0 aliphatic heterocycles. The van der Waals surface area contributed by atoms with E-state index in [0.717, 1.165) is 23.0 Å². The molecule has 0 atom stereocenters. The zero-order valence-electron chi connectivity index (χ0n) is 19.2. The number of ether oxygens (including phenoxy) is 3. The Balaban J connectivity index is 1.31. The van der Waals surface area contributed by atoms with E-state index in [4.69, 9.17) is 18.7 Å². The molecule has 180 valence electrons. The number of benzene rings is 2. The minimum Gasteiger partial charge on any atom is -0.493 e. The number of amides is 1. The minimum atomic E-state index is -0.661. The van der Waals surface area contributed by atoms with Crippen molar-refractivity contribution in [1.29, 1.82) is 0 Å². The number of esters is 1. The van der Waals surface area contributed by atoms with Crippen LogP contribution in [0.4, 0.5) is 5.69 Å². The van der Waals surface area contributed by atoms with Crippen molar-refractivity contribution in [3.8, 4) is 11.5 Å². The maximum absolute atomic E-state index is 12.2. The van der Waals surface area contributed by atoms with Crippen molar-refractivity contribution < 1.29 is 28.3 Å². The Morgan fingerprint density at radius 2 is 2.00 bits per heavy atom. The van der Waals surface area contributed by atoms with Crippen LogP contribution in [-0.2, 0) is 20.9 Å². The van der Waals surface area contributed by atoms with E-state index in [2.05, 4.69) is 19.2 Å². The third kappa shape index (κ3) is 5.82. The standard InChI is InChI=1S/C24H22N4O6S/c1-14-17(15(2)34-26-14)12-32-20-9-7-16(11-21(20)31-3)8-10-23(30)33-13-22(29)25-18-5-4-6-19-24(18)28-35-27-19/h4-11H,12-13H2,1-3H3,(H,25,29). The molecule has 1 amide bonds. The summed E-state index contributed by atoms with van der Waals surface area (Å²) in [4.78, 5) is 24.3. The summed E-state index contributed by atoms with van der Waals surface area (Å²) in [5.41, 5.74) is 4.12. The minimum absolute atomic E-state index is 0.286. The summed E-state index contributed by atoms with van der Waals surface area (Å²) >= 11 is 1.05. The van der Waals surface area contributed by atoms with Gasteiger partial charge in [-0.05, 0) is 49.8 Å². The summed E-state index contributed by atoms with van der Waals surface area (Å²) in [5.74, 6) is 0.595. The van der Waals surface area contributed by atoms with Gasteiger partial charge in [-0.2, -0.15) is 8.75 Å². The number of aryl methyl sites for hydroxylation is 2. The number of methoxy groups -OCH3 is 1. The predicted molar refractivity (Wildman–Crippen MR) is 129 cm³/mol. The van der Waals surface area contributed by atoms with E-state index in [9.17, 15) is 9.59 Å². The van der Waals surface area contributed by atoms with Gasteiger partial charge in [-0.3, -0.25) is 4.79 Å². The molecule has 0 spiro atoms. The van der Waals surface area contributed by atoms with E-state index in [0.29, 0.717) is 39.5 Å². The monoisotopic (exact) mass is 494 g/mol. The van der Waals surface area contributed by atoms with Gasteiger partial charge in [0.2, 0.25) is 0 Å².